The number of nitrogens with zero attached hydrogens (tertiary/aromatic N) is 1. The van der Waals surface area contributed by atoms with Crippen LogP contribution in [0.4, 0.5) is 0 Å². The van der Waals surface area contributed by atoms with E-state index in [-0.39, 0.29) is 0 Å². The van der Waals surface area contributed by atoms with Crippen molar-refractivity contribution in [1.29, 1.82) is 0 Å². The number of rotatable bonds is 5. The Bertz CT molecular complexity index is 171. The monoisotopic (exact) mass is 198 g/mol. The molecule has 1 rings (SSSR count). The molecule has 1 unspecified atom stereocenters. The molecule has 0 aromatic heterocycles. The minimum absolute atomic E-state index is 0.369. The average molecular weight is 198 g/mol. The lowest BCUT2D eigenvalue weighted by atomic mass is 10.2. The van der Waals surface area contributed by atoms with Crippen molar-refractivity contribution in [1.82, 2.24) is 10.2 Å². The van der Waals surface area contributed by atoms with E-state index in [2.05, 4.69) is 29.3 Å². The molecule has 1 atom stereocenters. The number of morpholine rings is 1. The summed E-state index contributed by atoms with van der Waals surface area (Å²) in [5.41, 5.74) is 0. The highest BCUT2D eigenvalue weighted by atomic mass is 16.5. The van der Waals surface area contributed by atoms with Crippen LogP contribution in [0.2, 0.25) is 0 Å². The van der Waals surface area contributed by atoms with Crippen molar-refractivity contribution in [2.75, 3.05) is 39.3 Å². The molecule has 0 radical (unpaired) electrons. The number of nitrogens with one attached hydrogen (secondary N) is 1. The highest BCUT2D eigenvalue weighted by Gasteiger charge is 2.18. The van der Waals surface area contributed by atoms with Gasteiger partial charge in [-0.15, -0.1) is 0 Å². The summed E-state index contributed by atoms with van der Waals surface area (Å²) in [4.78, 5) is 2.44. The standard InChI is InChI=1S/C11H22N2O/c1-3-5-6-12-9-11-10-13(4-2)7-8-14-11/h3,5,11-12H,4,6-10H2,1-2H3/b5-3+. The minimum atomic E-state index is 0.369. The van der Waals surface area contributed by atoms with Crippen LogP contribution in [0, 0.1) is 0 Å². The molecular weight excluding hydrogens is 176 g/mol. The number of allylic oxidation sites excluding steroid dienone is 1. The minimum Gasteiger partial charge on any atom is -0.374 e. The zero-order valence-corrected chi connectivity index (χ0v) is 9.33. The smallest absolute Gasteiger partial charge is 0.0826 e. The quantitative estimate of drug-likeness (QED) is 0.524. The van der Waals surface area contributed by atoms with Crippen LogP contribution < -0.4 is 5.32 Å². The van der Waals surface area contributed by atoms with Crippen LogP contribution in [0.25, 0.3) is 0 Å². The molecule has 1 aliphatic heterocycles. The van der Waals surface area contributed by atoms with Crippen LogP contribution in [0.3, 0.4) is 0 Å². The molecule has 0 aromatic carbocycles. The summed E-state index contributed by atoms with van der Waals surface area (Å²) in [5.74, 6) is 0. The van der Waals surface area contributed by atoms with Gasteiger partial charge in [0.1, 0.15) is 0 Å². The predicted molar refractivity (Wildman–Crippen MR) is 59.5 cm³/mol. The normalized spacial score (nSPS) is 24.6. The van der Waals surface area contributed by atoms with Crippen LogP contribution in [-0.4, -0.2) is 50.3 Å². The van der Waals surface area contributed by atoms with Gasteiger partial charge in [-0.2, -0.15) is 0 Å². The fraction of sp³-hybridized carbons (Fsp3) is 0.818. The molecule has 0 amide bonds. The van der Waals surface area contributed by atoms with E-state index < -0.39 is 0 Å². The van der Waals surface area contributed by atoms with Gasteiger partial charge in [-0.25, -0.2) is 0 Å². The SMILES string of the molecule is C/C=C/CNCC1CN(CC)CCO1. The zero-order valence-electron chi connectivity index (χ0n) is 9.33. The van der Waals surface area contributed by atoms with E-state index in [9.17, 15) is 0 Å². The van der Waals surface area contributed by atoms with Gasteiger partial charge in [-0.3, -0.25) is 4.90 Å². The van der Waals surface area contributed by atoms with Gasteiger partial charge < -0.3 is 10.1 Å². The fourth-order valence-electron chi connectivity index (χ4n) is 1.64. The van der Waals surface area contributed by atoms with Crippen molar-refractivity contribution in [3.05, 3.63) is 12.2 Å². The van der Waals surface area contributed by atoms with E-state index in [4.69, 9.17) is 4.74 Å². The third-order valence-corrected chi connectivity index (χ3v) is 2.54. The Labute approximate surface area is 87.1 Å². The molecule has 3 heteroatoms. The Hall–Kier alpha value is -0.380. The summed E-state index contributed by atoms with van der Waals surface area (Å²) in [7, 11) is 0. The first-order valence-corrected chi connectivity index (χ1v) is 5.52. The molecule has 1 heterocycles. The van der Waals surface area contributed by atoms with Gasteiger partial charge in [-0.05, 0) is 13.5 Å². The Balaban J connectivity index is 2.11. The third kappa shape index (κ3) is 4.22. The summed E-state index contributed by atoms with van der Waals surface area (Å²) < 4.78 is 5.66. The van der Waals surface area contributed by atoms with E-state index in [1.165, 1.54) is 0 Å². The van der Waals surface area contributed by atoms with E-state index in [1.807, 2.05) is 6.92 Å². The molecule has 0 saturated carbocycles. The molecule has 82 valence electrons. The van der Waals surface area contributed by atoms with Crippen LogP contribution >= 0.6 is 0 Å². The Morgan fingerprint density at radius 1 is 1.57 bits per heavy atom. The molecule has 0 bridgehead atoms. The molecule has 1 saturated heterocycles. The third-order valence-electron chi connectivity index (χ3n) is 2.54. The second-order valence-electron chi connectivity index (χ2n) is 3.61. The first kappa shape index (κ1) is 11.7. The molecule has 1 fully saturated rings. The van der Waals surface area contributed by atoms with Crippen molar-refractivity contribution in [2.24, 2.45) is 0 Å². The highest BCUT2D eigenvalue weighted by molar-refractivity contribution is 4.81. The topological polar surface area (TPSA) is 24.5 Å². The molecule has 0 spiro atoms. The maximum Gasteiger partial charge on any atom is 0.0826 e. The van der Waals surface area contributed by atoms with Crippen molar-refractivity contribution in [3.63, 3.8) is 0 Å². The molecule has 1 aliphatic rings. The van der Waals surface area contributed by atoms with Crippen molar-refractivity contribution in [3.8, 4) is 0 Å². The van der Waals surface area contributed by atoms with Crippen molar-refractivity contribution < 1.29 is 4.74 Å². The van der Waals surface area contributed by atoms with E-state index in [1.54, 1.807) is 0 Å². The second kappa shape index (κ2) is 6.98. The first-order chi connectivity index (χ1) is 6.86. The van der Waals surface area contributed by atoms with Crippen molar-refractivity contribution >= 4 is 0 Å². The van der Waals surface area contributed by atoms with Crippen LogP contribution in [0.15, 0.2) is 12.2 Å². The number of hydrogen-bond acceptors (Lipinski definition) is 3. The lowest BCUT2D eigenvalue weighted by Crippen LogP contribution is -2.46. The molecule has 0 aliphatic carbocycles. The fourth-order valence-corrected chi connectivity index (χ4v) is 1.64. The zero-order chi connectivity index (χ0) is 10.2. The molecular formula is C11H22N2O. The molecule has 0 aromatic rings. The summed E-state index contributed by atoms with van der Waals surface area (Å²) in [6.45, 7) is 10.3. The molecule has 1 N–H and O–H groups in total. The largest absolute Gasteiger partial charge is 0.374 e. The van der Waals surface area contributed by atoms with Gasteiger partial charge in [0.05, 0.1) is 12.7 Å². The van der Waals surface area contributed by atoms with Gasteiger partial charge >= 0.3 is 0 Å². The molecule has 3 nitrogen and oxygen atoms in total. The number of likely N-dealkylation sites (N-methyl/N-ethyl adjacent to an activating group) is 1. The van der Waals surface area contributed by atoms with E-state index >= 15 is 0 Å². The molecule has 14 heavy (non-hydrogen) atoms. The van der Waals surface area contributed by atoms with Crippen LogP contribution in [-0.2, 0) is 4.74 Å². The Kier molecular flexibility index (Phi) is 5.83. The van der Waals surface area contributed by atoms with Crippen molar-refractivity contribution in [2.45, 2.75) is 20.0 Å². The second-order valence-corrected chi connectivity index (χ2v) is 3.61. The van der Waals surface area contributed by atoms with Crippen LogP contribution in [0.5, 0.6) is 0 Å². The van der Waals surface area contributed by atoms with Gasteiger partial charge in [0.15, 0.2) is 0 Å². The van der Waals surface area contributed by atoms with Crippen LogP contribution in [0.1, 0.15) is 13.8 Å². The van der Waals surface area contributed by atoms with Gasteiger partial charge in [0.25, 0.3) is 0 Å². The van der Waals surface area contributed by atoms with Gasteiger partial charge in [0.2, 0.25) is 0 Å². The Morgan fingerprint density at radius 2 is 2.43 bits per heavy atom. The number of ether oxygens (including phenoxy) is 1. The maximum atomic E-state index is 5.66. The van der Waals surface area contributed by atoms with Gasteiger partial charge in [0, 0.05) is 26.2 Å². The lowest BCUT2D eigenvalue weighted by Gasteiger charge is -2.32. The Morgan fingerprint density at radius 3 is 3.14 bits per heavy atom. The van der Waals surface area contributed by atoms with E-state index in [0.717, 1.165) is 39.3 Å². The summed E-state index contributed by atoms with van der Waals surface area (Å²) in [6, 6.07) is 0. The average Bonchev–Trinajstić information content (AvgIpc) is 2.25. The summed E-state index contributed by atoms with van der Waals surface area (Å²) >= 11 is 0. The summed E-state index contributed by atoms with van der Waals surface area (Å²) in [5, 5.41) is 3.36. The predicted octanol–water partition coefficient (Wildman–Crippen LogP) is 0.873. The lowest BCUT2D eigenvalue weighted by molar-refractivity contribution is -0.0248. The maximum absolute atomic E-state index is 5.66. The summed E-state index contributed by atoms with van der Waals surface area (Å²) in [6.07, 6.45) is 4.56. The first-order valence-electron chi connectivity index (χ1n) is 5.52. The van der Waals surface area contributed by atoms with Gasteiger partial charge in [-0.1, -0.05) is 19.1 Å². The van der Waals surface area contributed by atoms with E-state index in [0.29, 0.717) is 6.10 Å². The number of hydrogen-bond donors (Lipinski definition) is 1. The highest BCUT2D eigenvalue weighted by Crippen LogP contribution is 2.03.